The van der Waals surface area contributed by atoms with Crippen molar-refractivity contribution in [1.82, 2.24) is 0 Å². The number of aryl methyl sites for hydroxylation is 1. The third-order valence-corrected chi connectivity index (χ3v) is 4.99. The van der Waals surface area contributed by atoms with Crippen molar-refractivity contribution in [2.24, 2.45) is 0 Å². The molecule has 0 radical (unpaired) electrons. The van der Waals surface area contributed by atoms with Gasteiger partial charge >= 0.3 is 5.97 Å². The van der Waals surface area contributed by atoms with Gasteiger partial charge in [0.25, 0.3) is 5.91 Å². The standard InChI is InChI=1S/C19H15NO4S2/c1-12-4-2-3-5-15(12)20-18(23)16(26-19(20)25)10-13-6-8-14(9-7-13)24-11-17(21)22/h2-10H,11H2,1H3,(H,21,22)/b16-10+. The third kappa shape index (κ3) is 3.95. The van der Waals surface area contributed by atoms with Crippen LogP contribution in [-0.4, -0.2) is 27.9 Å². The first kappa shape index (κ1) is 18.2. The van der Waals surface area contributed by atoms with Crippen LogP contribution in [-0.2, 0) is 9.59 Å². The van der Waals surface area contributed by atoms with E-state index in [2.05, 4.69) is 0 Å². The first-order chi connectivity index (χ1) is 12.5. The van der Waals surface area contributed by atoms with Gasteiger partial charge in [-0.1, -0.05) is 54.3 Å². The molecule has 0 bridgehead atoms. The van der Waals surface area contributed by atoms with E-state index in [0.717, 1.165) is 16.8 Å². The van der Waals surface area contributed by atoms with E-state index in [1.807, 2.05) is 31.2 Å². The second-order valence-corrected chi connectivity index (χ2v) is 7.23. The lowest BCUT2D eigenvalue weighted by Gasteiger charge is -2.16. The highest BCUT2D eigenvalue weighted by Crippen LogP contribution is 2.37. The zero-order chi connectivity index (χ0) is 18.7. The topological polar surface area (TPSA) is 66.8 Å². The predicted octanol–water partition coefficient (Wildman–Crippen LogP) is 3.86. The number of nitrogens with zero attached hydrogens (tertiary/aromatic N) is 1. The molecule has 26 heavy (non-hydrogen) atoms. The van der Waals surface area contributed by atoms with Gasteiger partial charge in [0.15, 0.2) is 10.9 Å². The number of rotatable bonds is 5. The van der Waals surface area contributed by atoms with Crippen LogP contribution in [0.1, 0.15) is 11.1 Å². The van der Waals surface area contributed by atoms with E-state index in [9.17, 15) is 9.59 Å². The monoisotopic (exact) mass is 385 g/mol. The van der Waals surface area contributed by atoms with Crippen LogP contribution in [0.4, 0.5) is 5.69 Å². The number of benzene rings is 2. The van der Waals surface area contributed by atoms with Crippen molar-refractivity contribution < 1.29 is 19.4 Å². The summed E-state index contributed by atoms with van der Waals surface area (Å²) in [6.07, 6.45) is 1.76. The number of amides is 1. The molecule has 1 heterocycles. The maximum absolute atomic E-state index is 12.8. The number of thioether (sulfide) groups is 1. The molecule has 0 atom stereocenters. The zero-order valence-electron chi connectivity index (χ0n) is 13.8. The molecule has 0 aliphatic carbocycles. The predicted molar refractivity (Wildman–Crippen MR) is 106 cm³/mol. The molecule has 0 spiro atoms. The summed E-state index contributed by atoms with van der Waals surface area (Å²) in [4.78, 5) is 25.4. The molecule has 0 saturated carbocycles. The molecular formula is C19H15NO4S2. The SMILES string of the molecule is Cc1ccccc1N1C(=O)/C(=C\c2ccc(OCC(=O)O)cc2)SC1=S. The molecule has 1 fully saturated rings. The lowest BCUT2D eigenvalue weighted by atomic mass is 10.1. The average Bonchev–Trinajstić information content (AvgIpc) is 2.88. The van der Waals surface area contributed by atoms with E-state index < -0.39 is 12.6 Å². The van der Waals surface area contributed by atoms with Crippen molar-refractivity contribution in [3.63, 3.8) is 0 Å². The number of hydrogen-bond acceptors (Lipinski definition) is 5. The van der Waals surface area contributed by atoms with Crippen LogP contribution in [0, 0.1) is 6.92 Å². The summed E-state index contributed by atoms with van der Waals surface area (Å²) in [5.74, 6) is -0.730. The Bertz CT molecular complexity index is 906. The summed E-state index contributed by atoms with van der Waals surface area (Å²) in [6, 6.07) is 14.5. The summed E-state index contributed by atoms with van der Waals surface area (Å²) in [6.45, 7) is 1.54. The van der Waals surface area contributed by atoms with Gasteiger partial charge in [0.2, 0.25) is 0 Å². The highest BCUT2D eigenvalue weighted by Gasteiger charge is 2.33. The number of aliphatic carboxylic acids is 1. The van der Waals surface area contributed by atoms with Crippen LogP contribution < -0.4 is 9.64 Å². The molecule has 1 aliphatic heterocycles. The first-order valence-electron chi connectivity index (χ1n) is 7.74. The van der Waals surface area contributed by atoms with E-state index in [4.69, 9.17) is 22.1 Å². The number of ether oxygens (including phenoxy) is 1. The smallest absolute Gasteiger partial charge is 0.341 e. The van der Waals surface area contributed by atoms with Crippen LogP contribution in [0.3, 0.4) is 0 Å². The van der Waals surface area contributed by atoms with Gasteiger partial charge in [-0.05, 0) is 42.3 Å². The van der Waals surface area contributed by atoms with Crippen molar-refractivity contribution in [1.29, 1.82) is 0 Å². The Morgan fingerprint density at radius 1 is 1.23 bits per heavy atom. The van der Waals surface area contributed by atoms with Crippen molar-refractivity contribution in [2.75, 3.05) is 11.5 Å². The molecule has 132 valence electrons. The molecule has 0 unspecified atom stereocenters. The lowest BCUT2D eigenvalue weighted by Crippen LogP contribution is -2.28. The quantitative estimate of drug-likeness (QED) is 0.623. The maximum Gasteiger partial charge on any atom is 0.341 e. The molecule has 0 aromatic heterocycles. The van der Waals surface area contributed by atoms with Crippen LogP contribution in [0.2, 0.25) is 0 Å². The van der Waals surface area contributed by atoms with Gasteiger partial charge in [0.05, 0.1) is 10.6 Å². The molecule has 3 rings (SSSR count). The van der Waals surface area contributed by atoms with Gasteiger partial charge in [-0.2, -0.15) is 0 Å². The Morgan fingerprint density at radius 3 is 2.58 bits per heavy atom. The van der Waals surface area contributed by atoms with Crippen molar-refractivity contribution in [3.8, 4) is 5.75 Å². The van der Waals surface area contributed by atoms with E-state index in [-0.39, 0.29) is 5.91 Å². The summed E-state index contributed by atoms with van der Waals surface area (Å²) in [5.41, 5.74) is 2.57. The average molecular weight is 385 g/mol. The second-order valence-electron chi connectivity index (χ2n) is 5.56. The van der Waals surface area contributed by atoms with E-state index in [1.54, 1.807) is 35.2 Å². The Morgan fingerprint density at radius 2 is 1.92 bits per heavy atom. The molecule has 5 nitrogen and oxygen atoms in total. The molecule has 2 aromatic carbocycles. The third-order valence-electron chi connectivity index (χ3n) is 3.69. The number of carbonyl (C=O) groups excluding carboxylic acids is 1. The van der Waals surface area contributed by atoms with Crippen LogP contribution in [0.5, 0.6) is 5.75 Å². The number of anilines is 1. The molecule has 2 aromatic rings. The summed E-state index contributed by atoms with van der Waals surface area (Å²) in [7, 11) is 0. The van der Waals surface area contributed by atoms with E-state index in [1.165, 1.54) is 11.8 Å². The first-order valence-corrected chi connectivity index (χ1v) is 8.96. The zero-order valence-corrected chi connectivity index (χ0v) is 15.5. The Hall–Kier alpha value is -2.64. The van der Waals surface area contributed by atoms with Crippen LogP contribution in [0.15, 0.2) is 53.4 Å². The Kier molecular flexibility index (Phi) is 5.39. The van der Waals surface area contributed by atoms with Crippen molar-refractivity contribution >= 4 is 51.9 Å². The fourth-order valence-electron chi connectivity index (χ4n) is 2.45. The summed E-state index contributed by atoms with van der Waals surface area (Å²) in [5, 5.41) is 8.62. The largest absolute Gasteiger partial charge is 0.482 e. The van der Waals surface area contributed by atoms with Gasteiger partial charge < -0.3 is 9.84 Å². The number of carboxylic acid groups (broad SMARTS) is 1. The summed E-state index contributed by atoms with van der Waals surface area (Å²) >= 11 is 6.64. The Balaban J connectivity index is 1.80. The maximum atomic E-state index is 12.8. The molecule has 1 N–H and O–H groups in total. The number of carboxylic acids is 1. The fourth-order valence-corrected chi connectivity index (χ4v) is 3.73. The van der Waals surface area contributed by atoms with Gasteiger partial charge in [-0.3, -0.25) is 9.69 Å². The van der Waals surface area contributed by atoms with Crippen LogP contribution in [0.25, 0.3) is 6.08 Å². The Labute approximate surface area is 160 Å². The van der Waals surface area contributed by atoms with Gasteiger partial charge in [-0.25, -0.2) is 4.79 Å². The highest BCUT2D eigenvalue weighted by molar-refractivity contribution is 8.27. The van der Waals surface area contributed by atoms with E-state index >= 15 is 0 Å². The molecule has 1 amide bonds. The van der Waals surface area contributed by atoms with Crippen molar-refractivity contribution in [3.05, 3.63) is 64.6 Å². The number of para-hydroxylation sites is 1. The second kappa shape index (κ2) is 7.72. The minimum Gasteiger partial charge on any atom is -0.482 e. The lowest BCUT2D eigenvalue weighted by molar-refractivity contribution is -0.139. The number of hydrogen-bond donors (Lipinski definition) is 1. The van der Waals surface area contributed by atoms with Gasteiger partial charge in [0.1, 0.15) is 5.75 Å². The molecule has 1 saturated heterocycles. The fraction of sp³-hybridized carbons (Fsp3) is 0.105. The van der Waals surface area contributed by atoms with Gasteiger partial charge in [0, 0.05) is 0 Å². The van der Waals surface area contributed by atoms with E-state index in [0.29, 0.717) is 15.0 Å². The molecular weight excluding hydrogens is 370 g/mol. The number of carbonyl (C=O) groups is 2. The van der Waals surface area contributed by atoms with Gasteiger partial charge in [-0.15, -0.1) is 0 Å². The number of thiocarbonyl (C=S) groups is 1. The molecule has 7 heteroatoms. The molecule has 1 aliphatic rings. The minimum atomic E-state index is -1.03. The van der Waals surface area contributed by atoms with Crippen LogP contribution >= 0.6 is 24.0 Å². The highest BCUT2D eigenvalue weighted by atomic mass is 32.2. The van der Waals surface area contributed by atoms with Crippen molar-refractivity contribution in [2.45, 2.75) is 6.92 Å². The minimum absolute atomic E-state index is 0.152. The normalized spacial score (nSPS) is 15.6. The summed E-state index contributed by atoms with van der Waals surface area (Å²) < 4.78 is 5.59.